The second kappa shape index (κ2) is 6.75. The first-order valence-corrected chi connectivity index (χ1v) is 7.51. The Hall–Kier alpha value is -1.55. The van der Waals surface area contributed by atoms with E-state index in [1.54, 1.807) is 0 Å². The SMILES string of the molecule is CCCCNC(=O)C(C)N1CCc2c(N)cccc2C1. The Bertz CT molecular complexity index is 473. The van der Waals surface area contributed by atoms with E-state index in [0.29, 0.717) is 0 Å². The van der Waals surface area contributed by atoms with Crippen LogP contribution in [0.5, 0.6) is 0 Å². The van der Waals surface area contributed by atoms with Crippen LogP contribution in [0, 0.1) is 0 Å². The van der Waals surface area contributed by atoms with Gasteiger partial charge in [-0.05, 0) is 37.0 Å². The number of nitrogens with zero attached hydrogens (tertiary/aromatic N) is 1. The summed E-state index contributed by atoms with van der Waals surface area (Å²) in [4.78, 5) is 14.3. The first-order chi connectivity index (χ1) is 9.63. The van der Waals surface area contributed by atoms with E-state index in [4.69, 9.17) is 5.73 Å². The van der Waals surface area contributed by atoms with Crippen molar-refractivity contribution < 1.29 is 4.79 Å². The molecule has 0 aliphatic carbocycles. The van der Waals surface area contributed by atoms with E-state index in [0.717, 1.165) is 44.6 Å². The molecule has 0 radical (unpaired) electrons. The molecule has 0 fully saturated rings. The first kappa shape index (κ1) is 14.9. The highest BCUT2D eigenvalue weighted by molar-refractivity contribution is 5.81. The zero-order chi connectivity index (χ0) is 14.5. The smallest absolute Gasteiger partial charge is 0.237 e. The average Bonchev–Trinajstić information content (AvgIpc) is 2.46. The normalized spacial score (nSPS) is 16.5. The summed E-state index contributed by atoms with van der Waals surface area (Å²) >= 11 is 0. The van der Waals surface area contributed by atoms with Crippen molar-refractivity contribution in [3.63, 3.8) is 0 Å². The fourth-order valence-corrected chi connectivity index (χ4v) is 2.69. The van der Waals surface area contributed by atoms with Crippen molar-refractivity contribution in [1.29, 1.82) is 0 Å². The molecule has 4 nitrogen and oxygen atoms in total. The fraction of sp³-hybridized carbons (Fsp3) is 0.562. The molecule has 0 bridgehead atoms. The van der Waals surface area contributed by atoms with Crippen LogP contribution in [0.1, 0.15) is 37.8 Å². The number of nitrogen functional groups attached to an aromatic ring is 1. The van der Waals surface area contributed by atoms with Gasteiger partial charge in [0, 0.05) is 25.3 Å². The predicted molar refractivity (Wildman–Crippen MR) is 82.3 cm³/mol. The summed E-state index contributed by atoms with van der Waals surface area (Å²) in [6.07, 6.45) is 3.07. The van der Waals surface area contributed by atoms with Crippen molar-refractivity contribution in [3.05, 3.63) is 29.3 Å². The van der Waals surface area contributed by atoms with Gasteiger partial charge in [0.2, 0.25) is 5.91 Å². The van der Waals surface area contributed by atoms with Gasteiger partial charge in [-0.1, -0.05) is 25.5 Å². The molecule has 0 spiro atoms. The van der Waals surface area contributed by atoms with E-state index in [1.807, 2.05) is 19.1 Å². The zero-order valence-corrected chi connectivity index (χ0v) is 12.5. The molecule has 0 aromatic heterocycles. The Balaban J connectivity index is 1.96. The second-order valence-electron chi connectivity index (χ2n) is 5.53. The molecular weight excluding hydrogens is 250 g/mol. The van der Waals surface area contributed by atoms with Crippen LogP contribution in [0.3, 0.4) is 0 Å². The third kappa shape index (κ3) is 3.31. The molecule has 110 valence electrons. The zero-order valence-electron chi connectivity index (χ0n) is 12.5. The van der Waals surface area contributed by atoms with E-state index >= 15 is 0 Å². The lowest BCUT2D eigenvalue weighted by atomic mass is 9.97. The Morgan fingerprint density at radius 3 is 3.05 bits per heavy atom. The number of unbranched alkanes of at least 4 members (excludes halogenated alkanes) is 1. The van der Waals surface area contributed by atoms with Crippen LogP contribution in [-0.2, 0) is 17.8 Å². The summed E-state index contributed by atoms with van der Waals surface area (Å²) in [7, 11) is 0. The summed E-state index contributed by atoms with van der Waals surface area (Å²) < 4.78 is 0. The van der Waals surface area contributed by atoms with Crippen molar-refractivity contribution >= 4 is 11.6 Å². The molecule has 1 unspecified atom stereocenters. The Kier molecular flexibility index (Phi) is 5.01. The average molecular weight is 275 g/mol. The van der Waals surface area contributed by atoms with Gasteiger partial charge in [0.15, 0.2) is 0 Å². The number of benzene rings is 1. The molecule has 1 atom stereocenters. The third-order valence-corrected chi connectivity index (χ3v) is 4.09. The highest BCUT2D eigenvalue weighted by atomic mass is 16.2. The van der Waals surface area contributed by atoms with Crippen LogP contribution in [-0.4, -0.2) is 29.9 Å². The Labute approximate surface area is 121 Å². The van der Waals surface area contributed by atoms with Gasteiger partial charge >= 0.3 is 0 Å². The van der Waals surface area contributed by atoms with Gasteiger partial charge in [-0.2, -0.15) is 0 Å². The van der Waals surface area contributed by atoms with Crippen LogP contribution < -0.4 is 11.1 Å². The van der Waals surface area contributed by atoms with Crippen molar-refractivity contribution in [2.24, 2.45) is 0 Å². The van der Waals surface area contributed by atoms with Crippen LogP contribution in [0.15, 0.2) is 18.2 Å². The lowest BCUT2D eigenvalue weighted by molar-refractivity contribution is -0.126. The molecule has 0 saturated heterocycles. The number of rotatable bonds is 5. The van der Waals surface area contributed by atoms with Crippen LogP contribution in [0.4, 0.5) is 5.69 Å². The number of carbonyl (C=O) groups excluding carboxylic acids is 1. The predicted octanol–water partition coefficient (Wildman–Crippen LogP) is 1.93. The van der Waals surface area contributed by atoms with E-state index in [2.05, 4.69) is 23.2 Å². The van der Waals surface area contributed by atoms with Gasteiger partial charge in [-0.15, -0.1) is 0 Å². The van der Waals surface area contributed by atoms with Gasteiger partial charge in [0.25, 0.3) is 0 Å². The van der Waals surface area contributed by atoms with Gasteiger partial charge in [0.05, 0.1) is 6.04 Å². The number of nitrogens with two attached hydrogens (primary N) is 1. The fourth-order valence-electron chi connectivity index (χ4n) is 2.69. The van der Waals surface area contributed by atoms with Crippen LogP contribution >= 0.6 is 0 Å². The summed E-state index contributed by atoms with van der Waals surface area (Å²) in [6, 6.07) is 5.97. The number of amides is 1. The molecule has 3 N–H and O–H groups in total. The molecule has 1 aromatic rings. The van der Waals surface area contributed by atoms with Gasteiger partial charge < -0.3 is 11.1 Å². The number of hydrogen-bond acceptors (Lipinski definition) is 3. The maximum absolute atomic E-state index is 12.1. The molecule has 1 heterocycles. The lowest BCUT2D eigenvalue weighted by Crippen LogP contribution is -2.47. The maximum atomic E-state index is 12.1. The second-order valence-corrected chi connectivity index (χ2v) is 5.53. The number of fused-ring (bicyclic) bond motifs is 1. The highest BCUT2D eigenvalue weighted by Crippen LogP contribution is 2.25. The van der Waals surface area contributed by atoms with Gasteiger partial charge in [-0.3, -0.25) is 9.69 Å². The molecule has 1 aromatic carbocycles. The van der Waals surface area contributed by atoms with Crippen molar-refractivity contribution in [2.45, 2.75) is 45.7 Å². The minimum atomic E-state index is -0.0820. The number of anilines is 1. The summed E-state index contributed by atoms with van der Waals surface area (Å²) in [5, 5.41) is 3.01. The molecule has 0 saturated carbocycles. The molecular formula is C16H25N3O. The first-order valence-electron chi connectivity index (χ1n) is 7.51. The highest BCUT2D eigenvalue weighted by Gasteiger charge is 2.25. The molecule has 1 aliphatic heterocycles. The summed E-state index contributed by atoms with van der Waals surface area (Å²) in [6.45, 7) is 6.59. The molecule has 1 amide bonds. The van der Waals surface area contributed by atoms with Crippen molar-refractivity contribution in [1.82, 2.24) is 10.2 Å². The molecule has 4 heteroatoms. The van der Waals surface area contributed by atoms with Crippen molar-refractivity contribution in [3.8, 4) is 0 Å². The van der Waals surface area contributed by atoms with E-state index in [1.165, 1.54) is 11.1 Å². The quantitative estimate of drug-likeness (QED) is 0.638. The summed E-state index contributed by atoms with van der Waals surface area (Å²) in [5.74, 6) is 0.130. The maximum Gasteiger partial charge on any atom is 0.237 e. The van der Waals surface area contributed by atoms with E-state index < -0.39 is 0 Å². The molecule has 20 heavy (non-hydrogen) atoms. The summed E-state index contributed by atoms with van der Waals surface area (Å²) in [5.41, 5.74) is 9.39. The number of hydrogen-bond donors (Lipinski definition) is 2. The topological polar surface area (TPSA) is 58.4 Å². The number of nitrogens with one attached hydrogen (secondary N) is 1. The lowest BCUT2D eigenvalue weighted by Gasteiger charge is -2.33. The Morgan fingerprint density at radius 2 is 2.30 bits per heavy atom. The number of carbonyl (C=O) groups is 1. The Morgan fingerprint density at radius 1 is 1.50 bits per heavy atom. The third-order valence-electron chi connectivity index (χ3n) is 4.09. The van der Waals surface area contributed by atoms with Gasteiger partial charge in [-0.25, -0.2) is 0 Å². The van der Waals surface area contributed by atoms with Crippen molar-refractivity contribution in [2.75, 3.05) is 18.8 Å². The largest absolute Gasteiger partial charge is 0.398 e. The molecule has 2 rings (SSSR count). The van der Waals surface area contributed by atoms with Crippen LogP contribution in [0.2, 0.25) is 0 Å². The van der Waals surface area contributed by atoms with Gasteiger partial charge in [0.1, 0.15) is 0 Å². The monoisotopic (exact) mass is 275 g/mol. The minimum Gasteiger partial charge on any atom is -0.398 e. The van der Waals surface area contributed by atoms with E-state index in [9.17, 15) is 4.79 Å². The standard InChI is InChI=1S/C16H25N3O/c1-3-4-9-18-16(20)12(2)19-10-8-14-13(11-19)6-5-7-15(14)17/h5-7,12H,3-4,8-11,17H2,1-2H3,(H,18,20). The minimum absolute atomic E-state index is 0.0820. The molecule has 1 aliphatic rings. The van der Waals surface area contributed by atoms with E-state index in [-0.39, 0.29) is 11.9 Å². The van der Waals surface area contributed by atoms with Crippen LogP contribution in [0.25, 0.3) is 0 Å².